The maximum atomic E-state index is 12.8. The number of amides is 1. The first kappa shape index (κ1) is 19.3. The zero-order valence-corrected chi connectivity index (χ0v) is 15.8. The third kappa shape index (κ3) is 4.98. The van der Waals surface area contributed by atoms with E-state index in [1.807, 2.05) is 68.4 Å². The van der Waals surface area contributed by atoms with Gasteiger partial charge >= 0.3 is 0 Å². The van der Waals surface area contributed by atoms with Gasteiger partial charge in [-0.1, -0.05) is 48.0 Å². The predicted molar refractivity (Wildman–Crippen MR) is 98.9 cm³/mol. The molecule has 0 bridgehead atoms. The highest BCUT2D eigenvalue weighted by atomic mass is 32.2. The van der Waals surface area contributed by atoms with Gasteiger partial charge in [-0.2, -0.15) is 0 Å². The van der Waals surface area contributed by atoms with Crippen molar-refractivity contribution in [3.63, 3.8) is 0 Å². The van der Waals surface area contributed by atoms with Crippen LogP contribution >= 0.6 is 0 Å². The summed E-state index contributed by atoms with van der Waals surface area (Å²) in [7, 11) is 1.55. The largest absolute Gasteiger partial charge is 0.275 e. The van der Waals surface area contributed by atoms with Gasteiger partial charge in [-0.3, -0.25) is 9.63 Å². The summed E-state index contributed by atoms with van der Waals surface area (Å²) < 4.78 is 15.9. The summed E-state index contributed by atoms with van der Waals surface area (Å²) in [5.41, 5.74) is 1.18. The maximum absolute atomic E-state index is 12.8. The van der Waals surface area contributed by atoms with Crippen LogP contribution in [0, 0.1) is 6.92 Å². The first-order chi connectivity index (χ1) is 11.9. The van der Waals surface area contributed by atoms with Gasteiger partial charge in [0.15, 0.2) is 0 Å². The molecule has 0 aliphatic heterocycles. The van der Waals surface area contributed by atoms with Gasteiger partial charge in [0.25, 0.3) is 0 Å². The summed E-state index contributed by atoms with van der Waals surface area (Å²) >= 11 is 0. The molecule has 0 fully saturated rings. The Balaban J connectivity index is 2.29. The molecule has 0 aliphatic carbocycles. The Bertz CT molecular complexity index is 734. The number of carbonyl (C=O) groups excluding carboxylic acids is 1. The van der Waals surface area contributed by atoms with Crippen molar-refractivity contribution >= 4 is 16.9 Å². The number of rotatable bonds is 7. The summed E-state index contributed by atoms with van der Waals surface area (Å²) in [6, 6.07) is 17.0. The van der Waals surface area contributed by atoms with Crippen molar-refractivity contribution in [3.05, 3.63) is 65.7 Å². The highest BCUT2D eigenvalue weighted by Gasteiger charge is 2.33. The lowest BCUT2D eigenvalue weighted by Gasteiger charge is -2.31. The van der Waals surface area contributed by atoms with E-state index in [9.17, 15) is 9.00 Å². The van der Waals surface area contributed by atoms with Crippen molar-refractivity contribution in [1.82, 2.24) is 9.79 Å². The smallest absolute Gasteiger partial charge is 0.248 e. The molecule has 2 aromatic rings. The fourth-order valence-corrected chi connectivity index (χ4v) is 3.54. The van der Waals surface area contributed by atoms with Gasteiger partial charge in [-0.05, 0) is 31.5 Å². The Labute approximate surface area is 151 Å². The van der Waals surface area contributed by atoms with E-state index in [1.165, 1.54) is 12.2 Å². The van der Waals surface area contributed by atoms with Crippen molar-refractivity contribution < 1.29 is 13.8 Å². The number of benzene rings is 2. The third-order valence-corrected chi connectivity index (χ3v) is 5.43. The Morgan fingerprint density at radius 2 is 1.76 bits per heavy atom. The van der Waals surface area contributed by atoms with Crippen molar-refractivity contribution in [2.75, 3.05) is 14.2 Å². The summed E-state index contributed by atoms with van der Waals surface area (Å²) in [5, 5.41) is 1.18. The average molecular weight is 360 g/mol. The molecular weight excluding hydrogens is 336 g/mol. The van der Waals surface area contributed by atoms with Crippen LogP contribution in [0.4, 0.5) is 0 Å². The molecule has 25 heavy (non-hydrogen) atoms. The van der Waals surface area contributed by atoms with Gasteiger partial charge in [0, 0.05) is 7.05 Å². The number of aryl methyl sites for hydroxylation is 1. The molecule has 1 N–H and O–H groups in total. The Morgan fingerprint density at radius 3 is 2.32 bits per heavy atom. The lowest BCUT2D eigenvalue weighted by molar-refractivity contribution is -0.170. The highest BCUT2D eigenvalue weighted by Crippen LogP contribution is 2.27. The quantitative estimate of drug-likeness (QED) is 0.773. The zero-order valence-electron chi connectivity index (χ0n) is 15.0. The Morgan fingerprint density at radius 1 is 1.16 bits per heavy atom. The standard InChI is InChI=1S/C19H24N2O3S/c1-15-10-12-17(13-11-15)25(23)20-19(2,14-18(22)21(3)24-4)16-8-6-5-7-9-16/h5-13,20H,14H2,1-4H3/t19-,25?/m0/s1. The second-order valence-electron chi connectivity index (χ2n) is 6.13. The van der Waals surface area contributed by atoms with E-state index in [-0.39, 0.29) is 12.3 Å². The van der Waals surface area contributed by atoms with Crippen molar-refractivity contribution in [1.29, 1.82) is 0 Å². The number of hydrogen-bond donors (Lipinski definition) is 1. The van der Waals surface area contributed by atoms with E-state index in [4.69, 9.17) is 4.84 Å². The normalized spacial score (nSPS) is 14.6. The fourth-order valence-electron chi connectivity index (χ4n) is 2.44. The Hall–Kier alpha value is -2.02. The van der Waals surface area contributed by atoms with Crippen LogP contribution in [0.3, 0.4) is 0 Å². The van der Waals surface area contributed by atoms with Crippen molar-refractivity contribution in [2.45, 2.75) is 30.7 Å². The molecular formula is C19H24N2O3S. The number of hydroxylamine groups is 2. The van der Waals surface area contributed by atoms with E-state index >= 15 is 0 Å². The van der Waals surface area contributed by atoms with E-state index in [2.05, 4.69) is 4.72 Å². The van der Waals surface area contributed by atoms with Crippen LogP contribution in [0.2, 0.25) is 0 Å². The topological polar surface area (TPSA) is 58.6 Å². The molecule has 134 valence electrons. The van der Waals surface area contributed by atoms with E-state index in [1.54, 1.807) is 7.05 Å². The van der Waals surface area contributed by atoms with Crippen LogP contribution in [-0.4, -0.2) is 29.3 Å². The molecule has 5 nitrogen and oxygen atoms in total. The maximum Gasteiger partial charge on any atom is 0.248 e. The molecule has 0 aliphatic rings. The number of carbonyl (C=O) groups is 1. The van der Waals surface area contributed by atoms with E-state index in [0.29, 0.717) is 4.90 Å². The van der Waals surface area contributed by atoms with Gasteiger partial charge in [0.2, 0.25) is 5.91 Å². The molecule has 0 aromatic heterocycles. The van der Waals surface area contributed by atoms with Gasteiger partial charge in [0.05, 0.1) is 24.0 Å². The molecule has 1 unspecified atom stereocenters. The lowest BCUT2D eigenvalue weighted by Crippen LogP contribution is -2.44. The molecule has 0 radical (unpaired) electrons. The minimum Gasteiger partial charge on any atom is -0.275 e. The molecule has 0 saturated heterocycles. The molecule has 6 heteroatoms. The van der Waals surface area contributed by atoms with Crippen molar-refractivity contribution in [2.24, 2.45) is 0 Å². The minimum absolute atomic E-state index is 0.110. The molecule has 1 amide bonds. The average Bonchev–Trinajstić information content (AvgIpc) is 2.62. The van der Waals surface area contributed by atoms with Crippen LogP contribution < -0.4 is 4.72 Å². The molecule has 0 heterocycles. The molecule has 0 saturated carbocycles. The van der Waals surface area contributed by atoms with Crippen LogP contribution in [0.5, 0.6) is 0 Å². The summed E-state index contributed by atoms with van der Waals surface area (Å²) in [4.78, 5) is 18.0. The molecule has 2 atom stereocenters. The van der Waals surface area contributed by atoms with Crippen LogP contribution in [0.25, 0.3) is 0 Å². The number of hydrogen-bond acceptors (Lipinski definition) is 3. The van der Waals surface area contributed by atoms with Crippen molar-refractivity contribution in [3.8, 4) is 0 Å². The summed E-state index contributed by atoms with van der Waals surface area (Å²) in [5.74, 6) is -0.206. The zero-order chi connectivity index (χ0) is 18.4. The van der Waals surface area contributed by atoms with Crippen LogP contribution in [0.15, 0.2) is 59.5 Å². The number of nitrogens with zero attached hydrogens (tertiary/aromatic N) is 1. The van der Waals surface area contributed by atoms with Gasteiger partial charge in [0.1, 0.15) is 11.0 Å². The molecule has 2 aromatic carbocycles. The third-order valence-electron chi connectivity index (χ3n) is 4.09. The first-order valence-electron chi connectivity index (χ1n) is 7.98. The predicted octanol–water partition coefficient (Wildman–Crippen LogP) is 2.93. The SMILES string of the molecule is CON(C)C(=O)C[C@](C)(NS(=O)c1ccc(C)cc1)c1ccccc1. The molecule has 2 rings (SSSR count). The fraction of sp³-hybridized carbons (Fsp3) is 0.316. The van der Waals surface area contributed by atoms with Gasteiger partial charge in [-0.15, -0.1) is 0 Å². The van der Waals surface area contributed by atoms with Gasteiger partial charge in [-0.25, -0.2) is 14.0 Å². The highest BCUT2D eigenvalue weighted by molar-refractivity contribution is 7.83. The van der Waals surface area contributed by atoms with Crippen LogP contribution in [0.1, 0.15) is 24.5 Å². The summed E-state index contributed by atoms with van der Waals surface area (Å²) in [6.45, 7) is 3.85. The summed E-state index contributed by atoms with van der Waals surface area (Å²) in [6.07, 6.45) is 0.110. The van der Waals surface area contributed by atoms with E-state index in [0.717, 1.165) is 11.1 Å². The minimum atomic E-state index is -1.45. The van der Waals surface area contributed by atoms with Gasteiger partial charge < -0.3 is 0 Å². The Kier molecular flexibility index (Phi) is 6.47. The van der Waals surface area contributed by atoms with Crippen LogP contribution in [-0.2, 0) is 26.2 Å². The monoisotopic (exact) mass is 360 g/mol. The first-order valence-corrected chi connectivity index (χ1v) is 9.13. The lowest BCUT2D eigenvalue weighted by atomic mass is 9.89. The van der Waals surface area contributed by atoms with E-state index < -0.39 is 16.5 Å². The number of nitrogens with one attached hydrogen (secondary N) is 1. The second kappa shape index (κ2) is 8.38. The second-order valence-corrected chi connectivity index (χ2v) is 7.35. The molecule has 0 spiro atoms.